The average molecular weight is 385 g/mol. The molecule has 1 aliphatic rings. The summed E-state index contributed by atoms with van der Waals surface area (Å²) in [5.41, 5.74) is 3.21. The molecule has 0 bridgehead atoms. The number of carbonyl (C=O) groups excluding carboxylic acids is 1. The SMILES string of the molecule is Cc1ccc(Cl)cc1NC(=S)NC1CC(=O)N(c2ccc(C#N)cc2)C1. The van der Waals surface area contributed by atoms with Crippen LogP contribution in [0.4, 0.5) is 11.4 Å². The van der Waals surface area contributed by atoms with Crippen LogP contribution in [0.15, 0.2) is 42.5 Å². The van der Waals surface area contributed by atoms with Crippen molar-refractivity contribution < 1.29 is 4.79 Å². The molecule has 1 fully saturated rings. The Balaban J connectivity index is 1.62. The van der Waals surface area contributed by atoms with Gasteiger partial charge in [-0.2, -0.15) is 5.26 Å². The van der Waals surface area contributed by atoms with Gasteiger partial charge in [-0.15, -0.1) is 0 Å². The number of nitrogens with zero attached hydrogens (tertiary/aromatic N) is 2. The molecule has 26 heavy (non-hydrogen) atoms. The molecule has 0 aromatic heterocycles. The van der Waals surface area contributed by atoms with E-state index in [1.807, 2.05) is 25.1 Å². The summed E-state index contributed by atoms with van der Waals surface area (Å²) in [6.45, 7) is 2.48. The average Bonchev–Trinajstić information content (AvgIpc) is 2.98. The third-order valence-electron chi connectivity index (χ3n) is 4.22. The van der Waals surface area contributed by atoms with E-state index in [4.69, 9.17) is 29.1 Å². The fourth-order valence-electron chi connectivity index (χ4n) is 2.84. The third-order valence-corrected chi connectivity index (χ3v) is 4.67. The Kier molecular flexibility index (Phi) is 5.40. The molecular formula is C19H17ClN4OS. The van der Waals surface area contributed by atoms with Crippen LogP contribution in [-0.4, -0.2) is 23.6 Å². The summed E-state index contributed by atoms with van der Waals surface area (Å²) in [5, 5.41) is 16.3. The summed E-state index contributed by atoms with van der Waals surface area (Å²) >= 11 is 11.4. The zero-order valence-corrected chi connectivity index (χ0v) is 15.7. The second kappa shape index (κ2) is 7.73. The van der Waals surface area contributed by atoms with Gasteiger partial charge in [-0.25, -0.2) is 0 Å². The molecule has 1 amide bonds. The maximum atomic E-state index is 12.3. The Morgan fingerprint density at radius 3 is 2.73 bits per heavy atom. The lowest BCUT2D eigenvalue weighted by atomic mass is 10.2. The first-order valence-corrected chi connectivity index (χ1v) is 8.89. The fraction of sp³-hybridized carbons (Fsp3) is 0.211. The molecule has 0 aliphatic carbocycles. The van der Waals surface area contributed by atoms with Crippen LogP contribution >= 0.6 is 23.8 Å². The number of nitrogens with one attached hydrogen (secondary N) is 2. The van der Waals surface area contributed by atoms with E-state index in [9.17, 15) is 4.79 Å². The minimum absolute atomic E-state index is 0.0222. The van der Waals surface area contributed by atoms with E-state index >= 15 is 0 Å². The number of nitriles is 1. The highest BCUT2D eigenvalue weighted by Gasteiger charge is 2.31. The van der Waals surface area contributed by atoms with Gasteiger partial charge in [-0.3, -0.25) is 4.79 Å². The van der Waals surface area contributed by atoms with Gasteiger partial charge in [-0.1, -0.05) is 17.7 Å². The molecule has 1 heterocycles. The van der Waals surface area contributed by atoms with Crippen LogP contribution in [-0.2, 0) is 4.79 Å². The standard InChI is InChI=1S/C19H17ClN4OS/c1-12-2-5-14(20)8-17(12)23-19(26)22-15-9-18(25)24(11-15)16-6-3-13(10-21)4-7-16/h2-8,15H,9,11H2,1H3,(H2,22,23,26). The summed E-state index contributed by atoms with van der Waals surface area (Å²) in [6, 6.07) is 14.5. The second-order valence-corrected chi connectivity index (χ2v) is 6.97. The van der Waals surface area contributed by atoms with Crippen molar-refractivity contribution in [2.24, 2.45) is 0 Å². The molecule has 132 valence electrons. The van der Waals surface area contributed by atoms with Gasteiger partial charge in [0.25, 0.3) is 0 Å². The number of rotatable bonds is 3. The molecule has 1 unspecified atom stereocenters. The van der Waals surface area contributed by atoms with Gasteiger partial charge in [0.2, 0.25) is 5.91 Å². The molecule has 3 rings (SSSR count). The molecule has 0 spiro atoms. The van der Waals surface area contributed by atoms with Crippen LogP contribution in [0.1, 0.15) is 17.5 Å². The van der Waals surface area contributed by atoms with E-state index in [2.05, 4.69) is 16.7 Å². The van der Waals surface area contributed by atoms with E-state index in [1.54, 1.807) is 29.2 Å². The molecule has 0 saturated carbocycles. The molecule has 1 aliphatic heterocycles. The van der Waals surface area contributed by atoms with E-state index in [1.165, 1.54) is 0 Å². The lowest BCUT2D eigenvalue weighted by Crippen LogP contribution is -2.39. The van der Waals surface area contributed by atoms with Crippen LogP contribution < -0.4 is 15.5 Å². The predicted molar refractivity (Wildman–Crippen MR) is 107 cm³/mol. The summed E-state index contributed by atoms with van der Waals surface area (Å²) in [6.07, 6.45) is 0.357. The Morgan fingerprint density at radius 1 is 1.31 bits per heavy atom. The van der Waals surface area contributed by atoms with Crippen LogP contribution in [0.25, 0.3) is 0 Å². The number of thiocarbonyl (C=S) groups is 1. The Bertz CT molecular complexity index is 891. The lowest BCUT2D eigenvalue weighted by molar-refractivity contribution is -0.117. The predicted octanol–water partition coefficient (Wildman–Crippen LogP) is 3.61. The molecule has 2 aromatic rings. The number of amides is 1. The molecule has 7 heteroatoms. The van der Waals surface area contributed by atoms with Crippen molar-refractivity contribution in [3.63, 3.8) is 0 Å². The number of halogens is 1. The highest BCUT2D eigenvalue weighted by Crippen LogP contribution is 2.23. The minimum atomic E-state index is -0.0855. The van der Waals surface area contributed by atoms with Crippen LogP contribution in [0.3, 0.4) is 0 Å². The van der Waals surface area contributed by atoms with Crippen molar-refractivity contribution in [2.45, 2.75) is 19.4 Å². The van der Waals surface area contributed by atoms with Gasteiger partial charge in [0.05, 0.1) is 17.7 Å². The topological polar surface area (TPSA) is 68.2 Å². The van der Waals surface area contributed by atoms with E-state index in [0.717, 1.165) is 16.9 Å². The van der Waals surface area contributed by atoms with Crippen molar-refractivity contribution in [1.82, 2.24) is 5.32 Å². The van der Waals surface area contributed by atoms with Gasteiger partial charge in [0.1, 0.15) is 0 Å². The first-order chi connectivity index (χ1) is 12.5. The van der Waals surface area contributed by atoms with Gasteiger partial charge in [0.15, 0.2) is 5.11 Å². The Labute approximate surface area is 162 Å². The number of hydrogen-bond donors (Lipinski definition) is 2. The molecule has 0 radical (unpaired) electrons. The van der Waals surface area contributed by atoms with Gasteiger partial charge < -0.3 is 15.5 Å². The zero-order chi connectivity index (χ0) is 18.7. The summed E-state index contributed by atoms with van der Waals surface area (Å²) in [5.74, 6) is 0.0222. The van der Waals surface area contributed by atoms with Crippen molar-refractivity contribution in [1.29, 1.82) is 5.26 Å². The molecule has 2 N–H and O–H groups in total. The normalized spacial score (nSPS) is 16.3. The van der Waals surface area contributed by atoms with Crippen LogP contribution in [0.2, 0.25) is 5.02 Å². The highest BCUT2D eigenvalue weighted by atomic mass is 35.5. The maximum absolute atomic E-state index is 12.3. The van der Waals surface area contributed by atoms with Crippen LogP contribution in [0.5, 0.6) is 0 Å². The number of anilines is 2. The summed E-state index contributed by atoms with van der Waals surface area (Å²) in [7, 11) is 0. The minimum Gasteiger partial charge on any atom is -0.357 e. The largest absolute Gasteiger partial charge is 0.357 e. The Morgan fingerprint density at radius 2 is 2.04 bits per heavy atom. The monoisotopic (exact) mass is 384 g/mol. The second-order valence-electron chi connectivity index (χ2n) is 6.12. The van der Waals surface area contributed by atoms with E-state index < -0.39 is 0 Å². The van der Waals surface area contributed by atoms with Gasteiger partial charge in [-0.05, 0) is 61.1 Å². The molecule has 5 nitrogen and oxygen atoms in total. The van der Waals surface area contributed by atoms with E-state index in [0.29, 0.717) is 28.7 Å². The number of hydrogen-bond acceptors (Lipinski definition) is 3. The smallest absolute Gasteiger partial charge is 0.229 e. The zero-order valence-electron chi connectivity index (χ0n) is 14.1. The summed E-state index contributed by atoms with van der Waals surface area (Å²) in [4.78, 5) is 14.0. The van der Waals surface area contributed by atoms with Crippen LogP contribution in [0, 0.1) is 18.3 Å². The molecule has 2 aromatic carbocycles. The quantitative estimate of drug-likeness (QED) is 0.791. The van der Waals surface area contributed by atoms with Crippen molar-refractivity contribution in [3.05, 3.63) is 58.6 Å². The van der Waals surface area contributed by atoms with Crippen molar-refractivity contribution >= 4 is 46.2 Å². The fourth-order valence-corrected chi connectivity index (χ4v) is 3.29. The Hall–Kier alpha value is -2.62. The van der Waals surface area contributed by atoms with E-state index in [-0.39, 0.29) is 11.9 Å². The van der Waals surface area contributed by atoms with Crippen molar-refractivity contribution in [3.8, 4) is 6.07 Å². The molecule has 1 saturated heterocycles. The number of carbonyl (C=O) groups is 1. The van der Waals surface area contributed by atoms with Gasteiger partial charge >= 0.3 is 0 Å². The van der Waals surface area contributed by atoms with Gasteiger partial charge in [0, 0.05) is 29.4 Å². The third kappa shape index (κ3) is 4.13. The molecule has 1 atom stereocenters. The maximum Gasteiger partial charge on any atom is 0.229 e. The lowest BCUT2D eigenvalue weighted by Gasteiger charge is -2.19. The number of aryl methyl sites for hydroxylation is 1. The first kappa shape index (κ1) is 18.2. The number of benzene rings is 2. The van der Waals surface area contributed by atoms with Crippen molar-refractivity contribution in [2.75, 3.05) is 16.8 Å². The molecular weight excluding hydrogens is 368 g/mol. The highest BCUT2D eigenvalue weighted by molar-refractivity contribution is 7.80. The first-order valence-electron chi connectivity index (χ1n) is 8.10. The summed E-state index contributed by atoms with van der Waals surface area (Å²) < 4.78 is 0.